The first-order valence-electron chi connectivity index (χ1n) is 8.22. The highest BCUT2D eigenvalue weighted by Crippen LogP contribution is 2.17. The highest BCUT2D eigenvalue weighted by Gasteiger charge is 2.26. The van der Waals surface area contributed by atoms with E-state index in [4.69, 9.17) is 11.5 Å². The van der Waals surface area contributed by atoms with Crippen LogP contribution in [-0.4, -0.2) is 28.3 Å². The minimum absolute atomic E-state index is 0. The second-order valence-corrected chi connectivity index (χ2v) is 7.05. The van der Waals surface area contributed by atoms with Gasteiger partial charge in [-0.1, -0.05) is 39.0 Å². The molecule has 0 bridgehead atoms. The third-order valence-electron chi connectivity index (χ3n) is 3.91. The molecule has 6 nitrogen and oxygen atoms in total. The summed E-state index contributed by atoms with van der Waals surface area (Å²) in [5.41, 5.74) is 13.6. The summed E-state index contributed by atoms with van der Waals surface area (Å²) in [6.45, 7) is 6.43. The van der Waals surface area contributed by atoms with Crippen molar-refractivity contribution >= 4 is 36.5 Å². The van der Waals surface area contributed by atoms with Crippen LogP contribution in [0.25, 0.3) is 5.69 Å². The van der Waals surface area contributed by atoms with Crippen molar-refractivity contribution in [3.8, 4) is 5.69 Å². The number of benzene rings is 1. The molecule has 0 aliphatic heterocycles. The number of aromatic nitrogens is 2. The minimum atomic E-state index is -0.509. The highest BCUT2D eigenvalue weighted by atomic mass is 35.5. The Labute approximate surface area is 167 Å². The van der Waals surface area contributed by atoms with E-state index in [0.29, 0.717) is 12.4 Å². The molecule has 0 unspecified atom stereocenters. The summed E-state index contributed by atoms with van der Waals surface area (Å²) >= 11 is 0. The van der Waals surface area contributed by atoms with Crippen molar-refractivity contribution < 1.29 is 4.79 Å². The number of aryl methyl sites for hydroxylation is 1. The van der Waals surface area contributed by atoms with Crippen LogP contribution in [0.5, 0.6) is 0 Å². The Morgan fingerprint density at radius 3 is 2.42 bits per heavy atom. The molecule has 0 fully saturated rings. The molecule has 1 heterocycles. The zero-order valence-electron chi connectivity index (χ0n) is 15.4. The number of rotatable bonds is 6. The van der Waals surface area contributed by atoms with Gasteiger partial charge in [0, 0.05) is 12.6 Å². The van der Waals surface area contributed by atoms with Crippen molar-refractivity contribution in [1.82, 2.24) is 15.1 Å². The van der Waals surface area contributed by atoms with Gasteiger partial charge in [-0.15, -0.1) is 24.8 Å². The molecule has 0 saturated heterocycles. The lowest BCUT2D eigenvalue weighted by atomic mass is 9.87. The molecule has 1 atom stereocenters. The van der Waals surface area contributed by atoms with Crippen LogP contribution in [-0.2, 0) is 11.2 Å². The van der Waals surface area contributed by atoms with Gasteiger partial charge in [-0.05, 0) is 30.4 Å². The Morgan fingerprint density at radius 2 is 1.85 bits per heavy atom. The van der Waals surface area contributed by atoms with Gasteiger partial charge >= 0.3 is 0 Å². The maximum absolute atomic E-state index is 12.0. The molecule has 2 rings (SSSR count). The fourth-order valence-corrected chi connectivity index (χ4v) is 2.33. The molecule has 2 aromatic rings. The second-order valence-electron chi connectivity index (χ2n) is 7.05. The van der Waals surface area contributed by atoms with Crippen LogP contribution in [0.3, 0.4) is 0 Å². The van der Waals surface area contributed by atoms with Crippen molar-refractivity contribution in [2.24, 2.45) is 11.1 Å². The lowest BCUT2D eigenvalue weighted by molar-refractivity contribution is -0.124. The lowest BCUT2D eigenvalue weighted by Crippen LogP contribution is -2.48. The van der Waals surface area contributed by atoms with E-state index in [9.17, 15) is 4.79 Å². The van der Waals surface area contributed by atoms with Crippen LogP contribution in [0, 0.1) is 5.41 Å². The lowest BCUT2D eigenvalue weighted by Gasteiger charge is -2.25. The van der Waals surface area contributed by atoms with E-state index in [1.807, 2.05) is 57.2 Å². The number of nitrogens with two attached hydrogens (primary N) is 2. The second kappa shape index (κ2) is 10.4. The Balaban J connectivity index is 0.00000312. The number of anilines is 1. The van der Waals surface area contributed by atoms with Crippen LogP contribution >= 0.6 is 24.8 Å². The number of amides is 1. The number of nitrogens with zero attached hydrogens (tertiary/aromatic N) is 2. The summed E-state index contributed by atoms with van der Waals surface area (Å²) in [6.07, 6.45) is 1.53. The van der Waals surface area contributed by atoms with Crippen molar-refractivity contribution in [2.75, 3.05) is 12.3 Å². The van der Waals surface area contributed by atoms with Crippen molar-refractivity contribution in [1.29, 1.82) is 0 Å². The standard InChI is InChI=1S/C18H27N5O.2ClH/c1-18(2,3)16(20)17(24)21-11-7-8-13-12-15(19)23(22-13)14-9-5-4-6-10-14;;/h4-6,9-10,12,16H,7-8,11,19-20H2,1-3H3,(H,21,24);2*1H/t16-;;/m1../s1. The first-order valence-corrected chi connectivity index (χ1v) is 8.22. The molecular weight excluding hydrogens is 373 g/mol. The number of hydrogen-bond acceptors (Lipinski definition) is 4. The topological polar surface area (TPSA) is 99.0 Å². The van der Waals surface area contributed by atoms with Gasteiger partial charge in [0.05, 0.1) is 17.4 Å². The van der Waals surface area contributed by atoms with Gasteiger partial charge in [-0.3, -0.25) is 4.79 Å². The van der Waals surface area contributed by atoms with E-state index >= 15 is 0 Å². The monoisotopic (exact) mass is 401 g/mol. The molecule has 146 valence electrons. The number of nitrogen functional groups attached to an aromatic ring is 1. The quantitative estimate of drug-likeness (QED) is 0.647. The Morgan fingerprint density at radius 1 is 1.23 bits per heavy atom. The molecule has 5 N–H and O–H groups in total. The maximum Gasteiger partial charge on any atom is 0.237 e. The van der Waals surface area contributed by atoms with Gasteiger partial charge in [0.15, 0.2) is 0 Å². The zero-order valence-corrected chi connectivity index (χ0v) is 17.1. The Hall–Kier alpha value is -1.76. The normalized spacial score (nSPS) is 11.8. The van der Waals surface area contributed by atoms with E-state index in [0.717, 1.165) is 24.2 Å². The number of halogens is 2. The molecule has 0 radical (unpaired) electrons. The Kier molecular flexibility index (Phi) is 9.70. The largest absolute Gasteiger partial charge is 0.384 e. The third kappa shape index (κ3) is 6.52. The van der Waals surface area contributed by atoms with Crippen LogP contribution in [0.1, 0.15) is 32.9 Å². The van der Waals surface area contributed by atoms with Crippen LogP contribution in [0.4, 0.5) is 5.82 Å². The summed E-state index contributed by atoms with van der Waals surface area (Å²) in [6, 6.07) is 11.1. The predicted molar refractivity (Wildman–Crippen MR) is 111 cm³/mol. The summed E-state index contributed by atoms with van der Waals surface area (Å²) in [5.74, 6) is 0.492. The molecule has 0 saturated carbocycles. The molecular formula is C18H29Cl2N5O. The molecule has 0 aliphatic carbocycles. The van der Waals surface area contributed by atoms with E-state index in [1.54, 1.807) is 4.68 Å². The number of carbonyl (C=O) groups excluding carboxylic acids is 1. The molecule has 8 heteroatoms. The van der Waals surface area contributed by atoms with Crippen LogP contribution < -0.4 is 16.8 Å². The first-order chi connectivity index (χ1) is 11.3. The summed E-state index contributed by atoms with van der Waals surface area (Å²) < 4.78 is 1.73. The van der Waals surface area contributed by atoms with Gasteiger partial charge in [0.2, 0.25) is 5.91 Å². The highest BCUT2D eigenvalue weighted by molar-refractivity contribution is 5.85. The van der Waals surface area contributed by atoms with E-state index in [1.165, 1.54) is 0 Å². The molecule has 1 aromatic carbocycles. The molecule has 0 spiro atoms. The summed E-state index contributed by atoms with van der Waals surface area (Å²) in [7, 11) is 0. The van der Waals surface area contributed by atoms with Gasteiger partial charge < -0.3 is 16.8 Å². The number of para-hydroxylation sites is 1. The number of hydrogen-bond donors (Lipinski definition) is 3. The van der Waals surface area contributed by atoms with Gasteiger partial charge in [0.1, 0.15) is 5.82 Å². The van der Waals surface area contributed by atoms with Gasteiger partial charge in [-0.2, -0.15) is 5.10 Å². The fraction of sp³-hybridized carbons (Fsp3) is 0.444. The van der Waals surface area contributed by atoms with E-state index in [-0.39, 0.29) is 36.1 Å². The van der Waals surface area contributed by atoms with E-state index in [2.05, 4.69) is 10.4 Å². The summed E-state index contributed by atoms with van der Waals surface area (Å²) in [4.78, 5) is 12.0. The first kappa shape index (κ1) is 24.2. The molecule has 1 aromatic heterocycles. The minimum Gasteiger partial charge on any atom is -0.384 e. The number of carbonyl (C=O) groups is 1. The van der Waals surface area contributed by atoms with E-state index < -0.39 is 6.04 Å². The molecule has 26 heavy (non-hydrogen) atoms. The SMILES string of the molecule is CC(C)(C)[C@H](N)C(=O)NCCCc1cc(N)n(-c2ccccc2)n1.Cl.Cl. The number of nitrogens with one attached hydrogen (secondary N) is 1. The zero-order chi connectivity index (χ0) is 17.7. The van der Waals surface area contributed by atoms with Crippen molar-refractivity contribution in [3.05, 3.63) is 42.1 Å². The average Bonchev–Trinajstić information content (AvgIpc) is 2.91. The smallest absolute Gasteiger partial charge is 0.237 e. The van der Waals surface area contributed by atoms with Gasteiger partial charge in [0.25, 0.3) is 0 Å². The Bertz CT molecular complexity index is 683. The molecule has 1 amide bonds. The fourth-order valence-electron chi connectivity index (χ4n) is 2.33. The van der Waals surface area contributed by atoms with Crippen LogP contribution in [0.2, 0.25) is 0 Å². The van der Waals surface area contributed by atoms with Crippen LogP contribution in [0.15, 0.2) is 36.4 Å². The molecule has 0 aliphatic rings. The maximum atomic E-state index is 12.0. The third-order valence-corrected chi connectivity index (χ3v) is 3.91. The predicted octanol–water partition coefficient (Wildman–Crippen LogP) is 2.72. The van der Waals surface area contributed by atoms with Gasteiger partial charge in [-0.25, -0.2) is 4.68 Å². The average molecular weight is 402 g/mol. The van der Waals surface area contributed by atoms with Crippen molar-refractivity contribution in [3.63, 3.8) is 0 Å². The summed E-state index contributed by atoms with van der Waals surface area (Å²) in [5, 5.41) is 7.41. The van der Waals surface area contributed by atoms with Crippen molar-refractivity contribution in [2.45, 2.75) is 39.7 Å².